The Morgan fingerprint density at radius 3 is 2.16 bits per heavy atom. The maximum Gasteiger partial charge on any atom is 0.0594 e. The van der Waals surface area contributed by atoms with Crippen LogP contribution in [0.1, 0.15) is 113 Å². The Labute approximate surface area is 192 Å². The second kappa shape index (κ2) is 6.64. The van der Waals surface area contributed by atoms with Crippen molar-refractivity contribution in [2.75, 3.05) is 0 Å². The van der Waals surface area contributed by atoms with Gasteiger partial charge >= 0.3 is 0 Å². The molecule has 1 N–H and O–H groups in total. The van der Waals surface area contributed by atoms with Crippen molar-refractivity contribution in [3.8, 4) is 0 Å². The summed E-state index contributed by atoms with van der Waals surface area (Å²) < 4.78 is 0. The smallest absolute Gasteiger partial charge is 0.0594 e. The van der Waals surface area contributed by atoms with E-state index in [-0.39, 0.29) is 11.5 Å². The van der Waals surface area contributed by atoms with Crippen LogP contribution in [0.25, 0.3) is 0 Å². The minimum atomic E-state index is -0.131. The third-order valence-electron chi connectivity index (χ3n) is 13.2. The van der Waals surface area contributed by atoms with Crippen molar-refractivity contribution in [2.24, 2.45) is 56.7 Å². The van der Waals surface area contributed by atoms with Gasteiger partial charge in [-0.15, -0.1) is 0 Å². The molecule has 0 aromatic rings. The lowest BCUT2D eigenvalue weighted by molar-refractivity contribution is -0.165. The molecule has 9 atom stereocenters. The van der Waals surface area contributed by atoms with Crippen LogP contribution < -0.4 is 0 Å². The van der Waals surface area contributed by atoms with E-state index in [4.69, 9.17) is 0 Å². The summed E-state index contributed by atoms with van der Waals surface area (Å²) in [5.74, 6) is 4.02. The number of aliphatic hydroxyl groups excluding tert-OH is 1. The molecule has 0 aliphatic heterocycles. The van der Waals surface area contributed by atoms with E-state index in [1.54, 1.807) is 0 Å². The van der Waals surface area contributed by atoms with Crippen LogP contribution in [0.5, 0.6) is 0 Å². The lowest BCUT2D eigenvalue weighted by atomic mass is 9.35. The molecule has 0 saturated heterocycles. The first kappa shape index (κ1) is 22.5. The Morgan fingerprint density at radius 2 is 1.48 bits per heavy atom. The minimum absolute atomic E-state index is 0.0432. The standard InChI is InChI=1S/C30H50O/c1-19(2)20-9-12-24-28(20,6)17-18-29(7)22-10-11-23-26(3,4)25(31)14-15-27(23,5)21(22)13-16-30(24,29)8/h13,19-20,22-25,31H,9-12,14-18H2,1-8H3/t20-,22+,23+,24+,25-,27+,28+,29+,30-/m0/s1. The highest BCUT2D eigenvalue weighted by Gasteiger charge is 2.68. The van der Waals surface area contributed by atoms with Crippen LogP contribution in [-0.4, -0.2) is 11.2 Å². The molecule has 31 heavy (non-hydrogen) atoms. The molecule has 1 nitrogen and oxygen atoms in total. The second-order valence-electron chi connectivity index (χ2n) is 14.7. The molecule has 5 aliphatic rings. The van der Waals surface area contributed by atoms with Gasteiger partial charge in [-0.3, -0.25) is 0 Å². The van der Waals surface area contributed by atoms with Crippen molar-refractivity contribution in [3.63, 3.8) is 0 Å². The summed E-state index contributed by atoms with van der Waals surface area (Å²) in [5.41, 5.74) is 3.61. The Morgan fingerprint density at radius 1 is 0.806 bits per heavy atom. The summed E-state index contributed by atoms with van der Waals surface area (Å²) in [5, 5.41) is 10.8. The lowest BCUT2D eigenvalue weighted by Crippen LogP contribution is -2.62. The van der Waals surface area contributed by atoms with Crippen LogP contribution in [0.2, 0.25) is 0 Å². The van der Waals surface area contributed by atoms with E-state index < -0.39 is 0 Å². The maximum absolute atomic E-state index is 10.8. The number of fused-ring (bicyclic) bond motifs is 7. The quantitative estimate of drug-likeness (QED) is 0.421. The largest absolute Gasteiger partial charge is 0.393 e. The van der Waals surface area contributed by atoms with Crippen molar-refractivity contribution in [1.29, 1.82) is 0 Å². The van der Waals surface area contributed by atoms with E-state index in [0.29, 0.717) is 27.6 Å². The Kier molecular flexibility index (Phi) is 4.82. The van der Waals surface area contributed by atoms with Crippen LogP contribution in [0.3, 0.4) is 0 Å². The first-order valence-electron chi connectivity index (χ1n) is 13.7. The molecule has 0 unspecified atom stereocenters. The Balaban J connectivity index is 1.55. The second-order valence-corrected chi connectivity index (χ2v) is 14.7. The molecule has 4 saturated carbocycles. The van der Waals surface area contributed by atoms with Crippen LogP contribution >= 0.6 is 0 Å². The fourth-order valence-electron chi connectivity index (χ4n) is 11.2. The molecule has 4 fully saturated rings. The fraction of sp³-hybridized carbons (Fsp3) is 0.933. The van der Waals surface area contributed by atoms with Gasteiger partial charge in [-0.25, -0.2) is 0 Å². The van der Waals surface area contributed by atoms with Gasteiger partial charge in [0.25, 0.3) is 0 Å². The zero-order chi connectivity index (χ0) is 22.6. The highest BCUT2D eigenvalue weighted by atomic mass is 16.3. The predicted octanol–water partition coefficient (Wildman–Crippen LogP) is 8.02. The first-order valence-corrected chi connectivity index (χ1v) is 13.7. The Hall–Kier alpha value is -0.300. The number of hydrogen-bond acceptors (Lipinski definition) is 1. The summed E-state index contributed by atoms with van der Waals surface area (Å²) in [6.45, 7) is 20.4. The Bertz CT molecular complexity index is 777. The predicted molar refractivity (Wildman–Crippen MR) is 131 cm³/mol. The molecule has 176 valence electrons. The van der Waals surface area contributed by atoms with E-state index >= 15 is 0 Å². The van der Waals surface area contributed by atoms with Crippen molar-refractivity contribution < 1.29 is 5.11 Å². The van der Waals surface area contributed by atoms with E-state index in [1.807, 2.05) is 5.57 Å². The molecule has 0 amide bonds. The van der Waals surface area contributed by atoms with E-state index in [1.165, 1.54) is 51.4 Å². The monoisotopic (exact) mass is 426 g/mol. The molecule has 0 aromatic heterocycles. The molecule has 0 aromatic carbocycles. The zero-order valence-corrected chi connectivity index (χ0v) is 21.9. The molecular formula is C30H50O. The minimum Gasteiger partial charge on any atom is -0.393 e. The topological polar surface area (TPSA) is 20.2 Å². The zero-order valence-electron chi connectivity index (χ0n) is 21.9. The SMILES string of the molecule is CC(C)[C@@H]1CC[C@@H]2[C@]1(C)CC[C@]1(C)[C@@H]3CC[C@@H]4C(C)(C)[C@@H](O)CC[C@]4(C)C3=CC[C@@]21C. The van der Waals surface area contributed by atoms with Gasteiger partial charge in [0, 0.05) is 0 Å². The third kappa shape index (κ3) is 2.60. The average molecular weight is 427 g/mol. The summed E-state index contributed by atoms with van der Waals surface area (Å²) in [6, 6.07) is 0. The molecule has 0 heterocycles. The van der Waals surface area contributed by atoms with E-state index in [0.717, 1.165) is 30.1 Å². The molecule has 5 rings (SSSR count). The molecule has 0 bridgehead atoms. The van der Waals surface area contributed by atoms with Crippen LogP contribution in [0, 0.1) is 56.7 Å². The van der Waals surface area contributed by atoms with Gasteiger partial charge in [0.2, 0.25) is 0 Å². The van der Waals surface area contributed by atoms with Gasteiger partial charge in [-0.2, -0.15) is 0 Å². The third-order valence-corrected chi connectivity index (χ3v) is 13.2. The number of allylic oxidation sites excluding steroid dienone is 2. The molecule has 0 spiro atoms. The summed E-state index contributed by atoms with van der Waals surface area (Å²) in [4.78, 5) is 0. The maximum atomic E-state index is 10.8. The van der Waals surface area contributed by atoms with Crippen LogP contribution in [0.15, 0.2) is 11.6 Å². The highest BCUT2D eigenvalue weighted by molar-refractivity contribution is 5.33. The van der Waals surface area contributed by atoms with Crippen molar-refractivity contribution in [2.45, 2.75) is 119 Å². The number of rotatable bonds is 1. The van der Waals surface area contributed by atoms with E-state index in [9.17, 15) is 5.11 Å². The van der Waals surface area contributed by atoms with Gasteiger partial charge in [0.05, 0.1) is 6.10 Å². The average Bonchev–Trinajstić information content (AvgIpc) is 3.05. The molecule has 1 heteroatoms. The van der Waals surface area contributed by atoms with Gasteiger partial charge in [-0.05, 0) is 114 Å². The van der Waals surface area contributed by atoms with Crippen molar-refractivity contribution >= 4 is 0 Å². The van der Waals surface area contributed by atoms with Crippen LogP contribution in [-0.2, 0) is 0 Å². The fourth-order valence-corrected chi connectivity index (χ4v) is 11.2. The molecular weight excluding hydrogens is 376 g/mol. The van der Waals surface area contributed by atoms with Gasteiger partial charge in [-0.1, -0.05) is 67.0 Å². The summed E-state index contributed by atoms with van der Waals surface area (Å²) in [7, 11) is 0. The number of aliphatic hydroxyl groups is 1. The van der Waals surface area contributed by atoms with E-state index in [2.05, 4.69) is 61.5 Å². The van der Waals surface area contributed by atoms with Gasteiger partial charge < -0.3 is 5.11 Å². The van der Waals surface area contributed by atoms with Gasteiger partial charge in [0.1, 0.15) is 0 Å². The summed E-state index contributed by atoms with van der Waals surface area (Å²) in [6.07, 6.45) is 14.6. The number of hydrogen-bond donors (Lipinski definition) is 1. The first-order chi connectivity index (χ1) is 14.3. The highest BCUT2D eigenvalue weighted by Crippen LogP contribution is 2.76. The molecule has 5 aliphatic carbocycles. The van der Waals surface area contributed by atoms with Gasteiger partial charge in [0.15, 0.2) is 0 Å². The summed E-state index contributed by atoms with van der Waals surface area (Å²) >= 11 is 0. The van der Waals surface area contributed by atoms with Crippen molar-refractivity contribution in [1.82, 2.24) is 0 Å². The van der Waals surface area contributed by atoms with Crippen molar-refractivity contribution in [3.05, 3.63) is 11.6 Å². The molecule has 0 radical (unpaired) electrons. The van der Waals surface area contributed by atoms with Crippen LogP contribution in [0.4, 0.5) is 0 Å². The normalized spacial score (nSPS) is 55.7. The lowest BCUT2D eigenvalue weighted by Gasteiger charge is -2.69.